The molecule has 0 unspecified atom stereocenters. The normalized spacial score (nSPS) is 21.3. The number of esters is 1. The first-order chi connectivity index (χ1) is 12.3. The van der Waals surface area contributed by atoms with E-state index in [-0.39, 0.29) is 36.9 Å². The van der Waals surface area contributed by atoms with E-state index in [2.05, 4.69) is 14.7 Å². The third kappa shape index (κ3) is 6.44. The second kappa shape index (κ2) is 9.16. The van der Waals surface area contributed by atoms with Gasteiger partial charge in [0, 0.05) is 17.5 Å². The van der Waals surface area contributed by atoms with Crippen LogP contribution in [0.4, 0.5) is 0 Å². The van der Waals surface area contributed by atoms with Crippen LogP contribution in [0.15, 0.2) is 35.4 Å². The molecule has 0 heterocycles. The predicted molar refractivity (Wildman–Crippen MR) is 101 cm³/mol. The first-order valence-corrected chi connectivity index (χ1v) is 9.84. The van der Waals surface area contributed by atoms with Gasteiger partial charge in [0.15, 0.2) is 0 Å². The summed E-state index contributed by atoms with van der Waals surface area (Å²) in [5.41, 5.74) is 9.39. The number of nitrogens with one attached hydrogen (secondary N) is 1. The molecule has 0 aromatic heterocycles. The van der Waals surface area contributed by atoms with Crippen LogP contribution in [-0.4, -0.2) is 27.5 Å². The molecule has 1 aromatic carbocycles. The molecule has 0 amide bonds. The van der Waals surface area contributed by atoms with E-state index in [1.807, 2.05) is 51.1 Å². The summed E-state index contributed by atoms with van der Waals surface area (Å²) >= 11 is 0. The summed E-state index contributed by atoms with van der Waals surface area (Å²) in [5.74, 6) is 0.0602. The van der Waals surface area contributed by atoms with Crippen molar-refractivity contribution in [3.8, 4) is 0 Å². The number of hydrogen-bond donors (Lipinski definition) is 1. The molecule has 1 aromatic rings. The Bertz CT molecular complexity index is 683. The average molecular weight is 378 g/mol. The second-order valence-corrected chi connectivity index (χ2v) is 9.53. The van der Waals surface area contributed by atoms with E-state index in [0.717, 1.165) is 12.0 Å². The van der Waals surface area contributed by atoms with Crippen LogP contribution in [0, 0.1) is 11.8 Å². The van der Waals surface area contributed by atoms with E-state index in [4.69, 9.17) is 10.3 Å². The maximum Gasteiger partial charge on any atom is 0.307 e. The largest absolute Gasteiger partial charge is 0.461 e. The summed E-state index contributed by atoms with van der Waals surface area (Å²) in [7, 11) is -1.29. The van der Waals surface area contributed by atoms with E-state index >= 15 is 0 Å². The van der Waals surface area contributed by atoms with Crippen LogP contribution >= 0.6 is 0 Å². The molecule has 0 bridgehead atoms. The number of azide groups is 1. The van der Waals surface area contributed by atoms with Gasteiger partial charge in [-0.1, -0.05) is 35.4 Å². The molecule has 26 heavy (non-hydrogen) atoms. The lowest BCUT2D eigenvalue weighted by Crippen LogP contribution is -2.42. The number of benzene rings is 1. The zero-order chi connectivity index (χ0) is 19.2. The number of ether oxygens (including phenoxy) is 1. The Hall–Kier alpha value is -1.89. The van der Waals surface area contributed by atoms with Gasteiger partial charge in [0.1, 0.15) is 6.61 Å². The van der Waals surface area contributed by atoms with Crippen molar-refractivity contribution in [2.24, 2.45) is 17.0 Å². The van der Waals surface area contributed by atoms with Crippen molar-refractivity contribution >= 4 is 17.0 Å². The molecule has 1 fully saturated rings. The van der Waals surface area contributed by atoms with Crippen LogP contribution in [0.5, 0.6) is 0 Å². The van der Waals surface area contributed by atoms with Gasteiger partial charge < -0.3 is 4.74 Å². The highest BCUT2D eigenvalue weighted by Crippen LogP contribution is 2.43. The zero-order valence-electron chi connectivity index (χ0n) is 15.4. The minimum absolute atomic E-state index is 0.145. The highest BCUT2D eigenvalue weighted by Gasteiger charge is 2.44. The standard InChI is InChI=1S/C18H26N4O3S/c1-18(2,3)26(24)21-16(15-9-14(15)11-20-22-19)10-17(23)25-12-13-7-5-4-6-8-13/h4-8,14-16,21H,9-12H2,1-3H3/t14-,15-,16-,26+/m1/s1. The van der Waals surface area contributed by atoms with Crippen LogP contribution in [0.1, 0.15) is 39.2 Å². The summed E-state index contributed by atoms with van der Waals surface area (Å²) in [6.07, 6.45) is 0.996. The van der Waals surface area contributed by atoms with Gasteiger partial charge in [0.05, 0.1) is 22.2 Å². The van der Waals surface area contributed by atoms with Gasteiger partial charge >= 0.3 is 5.97 Å². The van der Waals surface area contributed by atoms with Crippen molar-refractivity contribution in [2.75, 3.05) is 6.54 Å². The van der Waals surface area contributed by atoms with Gasteiger partial charge in [0.25, 0.3) is 0 Å². The molecule has 0 spiro atoms. The van der Waals surface area contributed by atoms with Crippen LogP contribution in [0.2, 0.25) is 0 Å². The third-order valence-electron chi connectivity index (χ3n) is 4.32. The maximum atomic E-state index is 12.5. The third-order valence-corrected chi connectivity index (χ3v) is 5.95. The number of hydrogen-bond acceptors (Lipinski definition) is 4. The number of nitrogens with zero attached hydrogens (tertiary/aromatic N) is 3. The van der Waals surface area contributed by atoms with Gasteiger partial charge in [-0.05, 0) is 50.1 Å². The van der Waals surface area contributed by atoms with Crippen LogP contribution < -0.4 is 4.72 Å². The smallest absolute Gasteiger partial charge is 0.307 e. The van der Waals surface area contributed by atoms with Crippen molar-refractivity contribution in [3.05, 3.63) is 46.3 Å². The van der Waals surface area contributed by atoms with Crippen LogP contribution in [-0.2, 0) is 27.1 Å². The summed E-state index contributed by atoms with van der Waals surface area (Å²) in [5, 5.41) is 3.61. The number of rotatable bonds is 9. The van der Waals surface area contributed by atoms with Gasteiger partial charge in [-0.3, -0.25) is 4.79 Å². The summed E-state index contributed by atoms with van der Waals surface area (Å²) < 4.78 is 20.5. The first kappa shape index (κ1) is 20.4. The van der Waals surface area contributed by atoms with E-state index in [0.29, 0.717) is 6.54 Å². The molecule has 142 valence electrons. The Morgan fingerprint density at radius 1 is 1.42 bits per heavy atom. The monoisotopic (exact) mass is 378 g/mol. The molecule has 0 saturated heterocycles. The maximum absolute atomic E-state index is 12.5. The molecule has 0 radical (unpaired) electrons. The fraction of sp³-hybridized carbons (Fsp3) is 0.611. The molecule has 8 heteroatoms. The van der Waals surface area contributed by atoms with Crippen molar-refractivity contribution in [1.82, 2.24) is 4.72 Å². The lowest BCUT2D eigenvalue weighted by atomic mass is 10.1. The number of carbonyl (C=O) groups excluding carboxylic acids is 1. The van der Waals surface area contributed by atoms with Crippen LogP contribution in [0.3, 0.4) is 0 Å². The Morgan fingerprint density at radius 3 is 2.73 bits per heavy atom. The molecule has 1 saturated carbocycles. The van der Waals surface area contributed by atoms with Gasteiger partial charge in [-0.25, -0.2) is 8.93 Å². The topological polar surface area (TPSA) is 104 Å². The molecule has 1 aliphatic rings. The molecule has 0 aliphatic heterocycles. The van der Waals surface area contributed by atoms with E-state index in [9.17, 15) is 9.00 Å². The zero-order valence-corrected chi connectivity index (χ0v) is 16.2. The van der Waals surface area contributed by atoms with Crippen molar-refractivity contribution in [3.63, 3.8) is 0 Å². The van der Waals surface area contributed by atoms with E-state index in [1.165, 1.54) is 0 Å². The molecular formula is C18H26N4O3S. The van der Waals surface area contributed by atoms with Gasteiger partial charge in [-0.15, -0.1) is 0 Å². The molecule has 2 rings (SSSR count). The summed E-state index contributed by atoms with van der Waals surface area (Å²) in [6, 6.07) is 9.24. The average Bonchev–Trinajstić information content (AvgIpc) is 3.37. The fourth-order valence-electron chi connectivity index (χ4n) is 2.69. The predicted octanol–water partition coefficient (Wildman–Crippen LogP) is 3.49. The van der Waals surface area contributed by atoms with Crippen molar-refractivity contribution in [2.45, 2.75) is 51.0 Å². The summed E-state index contributed by atoms with van der Waals surface area (Å²) in [6.45, 7) is 6.27. The van der Waals surface area contributed by atoms with Gasteiger partial charge in [0.2, 0.25) is 0 Å². The minimum atomic E-state index is -1.29. The first-order valence-electron chi connectivity index (χ1n) is 8.69. The fourth-order valence-corrected chi connectivity index (χ4v) is 3.57. The van der Waals surface area contributed by atoms with Crippen molar-refractivity contribution in [1.29, 1.82) is 0 Å². The molecule has 1 N–H and O–H groups in total. The Balaban J connectivity index is 1.93. The second-order valence-electron chi connectivity index (χ2n) is 7.53. The SMILES string of the molecule is CC(C)(C)[S@](=O)N[C@H](CC(=O)OCc1ccccc1)[C@@H]1C[C@@H]1CN=[N+]=[N-]. The Labute approximate surface area is 156 Å². The lowest BCUT2D eigenvalue weighted by Gasteiger charge is -2.24. The van der Waals surface area contributed by atoms with Crippen LogP contribution in [0.25, 0.3) is 10.4 Å². The Kier molecular flexibility index (Phi) is 7.20. The van der Waals surface area contributed by atoms with Crippen molar-refractivity contribution < 1.29 is 13.7 Å². The molecule has 4 atom stereocenters. The highest BCUT2D eigenvalue weighted by atomic mass is 32.2. The molecular weight excluding hydrogens is 352 g/mol. The van der Waals surface area contributed by atoms with Gasteiger partial charge in [-0.2, -0.15) is 0 Å². The highest BCUT2D eigenvalue weighted by molar-refractivity contribution is 7.84. The summed E-state index contributed by atoms with van der Waals surface area (Å²) in [4.78, 5) is 15.1. The molecule has 7 nitrogen and oxygen atoms in total. The minimum Gasteiger partial charge on any atom is -0.461 e. The Morgan fingerprint density at radius 2 is 2.12 bits per heavy atom. The van der Waals surface area contributed by atoms with E-state index < -0.39 is 15.7 Å². The lowest BCUT2D eigenvalue weighted by molar-refractivity contribution is -0.145. The quantitative estimate of drug-likeness (QED) is 0.308. The number of carbonyl (C=O) groups is 1. The molecule has 1 aliphatic carbocycles. The van der Waals surface area contributed by atoms with E-state index in [1.54, 1.807) is 0 Å².